The zero-order valence-corrected chi connectivity index (χ0v) is 8.30. The van der Waals surface area contributed by atoms with Crippen molar-refractivity contribution in [2.75, 3.05) is 19.7 Å². The van der Waals surface area contributed by atoms with E-state index in [2.05, 4.69) is 5.32 Å². The second kappa shape index (κ2) is 4.68. The van der Waals surface area contributed by atoms with Crippen molar-refractivity contribution in [3.05, 3.63) is 35.4 Å². The third kappa shape index (κ3) is 2.52. The van der Waals surface area contributed by atoms with Crippen molar-refractivity contribution >= 4 is 0 Å². The molecule has 0 spiro atoms. The third-order valence-corrected chi connectivity index (χ3v) is 2.50. The van der Waals surface area contributed by atoms with E-state index in [9.17, 15) is 8.78 Å². The lowest BCUT2D eigenvalue weighted by molar-refractivity contribution is 0.0641. The molecule has 0 bridgehead atoms. The van der Waals surface area contributed by atoms with Gasteiger partial charge in [-0.1, -0.05) is 6.07 Å². The van der Waals surface area contributed by atoms with Crippen LogP contribution >= 0.6 is 0 Å². The molecule has 2 rings (SSSR count). The molecular weight excluding hydrogens is 200 g/mol. The molecule has 1 N–H and O–H groups in total. The summed E-state index contributed by atoms with van der Waals surface area (Å²) in [6, 6.07) is 3.94. The Morgan fingerprint density at radius 3 is 2.87 bits per heavy atom. The van der Waals surface area contributed by atoms with Crippen molar-refractivity contribution in [3.8, 4) is 0 Å². The summed E-state index contributed by atoms with van der Waals surface area (Å²) >= 11 is 0. The average Bonchev–Trinajstić information content (AvgIpc) is 2.50. The van der Waals surface area contributed by atoms with Gasteiger partial charge in [0.2, 0.25) is 0 Å². The van der Waals surface area contributed by atoms with Gasteiger partial charge in [-0.2, -0.15) is 0 Å². The highest BCUT2D eigenvalue weighted by Gasteiger charge is 2.16. The van der Waals surface area contributed by atoms with Crippen LogP contribution in [0, 0.1) is 11.6 Å². The van der Waals surface area contributed by atoms with Gasteiger partial charge in [0, 0.05) is 6.54 Å². The molecule has 0 amide bonds. The van der Waals surface area contributed by atoms with Gasteiger partial charge in [0.1, 0.15) is 0 Å². The van der Waals surface area contributed by atoms with Crippen LogP contribution in [0.5, 0.6) is 0 Å². The molecule has 0 saturated carbocycles. The Labute approximate surface area is 87.2 Å². The Balaban J connectivity index is 2.16. The molecule has 4 heteroatoms. The Bertz CT molecular complexity index is 335. The maximum absolute atomic E-state index is 13.0. The zero-order valence-electron chi connectivity index (χ0n) is 8.30. The van der Waals surface area contributed by atoms with Gasteiger partial charge in [-0.15, -0.1) is 0 Å². The highest BCUT2D eigenvalue weighted by atomic mass is 19.2. The van der Waals surface area contributed by atoms with Crippen LogP contribution in [0.2, 0.25) is 0 Å². The van der Waals surface area contributed by atoms with E-state index in [1.807, 2.05) is 0 Å². The molecule has 1 unspecified atom stereocenters. The first kappa shape index (κ1) is 10.5. The second-order valence-electron chi connectivity index (χ2n) is 3.57. The molecule has 1 aliphatic rings. The molecule has 1 heterocycles. The van der Waals surface area contributed by atoms with Crippen LogP contribution in [0.4, 0.5) is 8.78 Å². The second-order valence-corrected chi connectivity index (χ2v) is 3.57. The molecule has 2 nitrogen and oxygen atoms in total. The molecule has 1 aromatic carbocycles. The molecular formula is C11H13F2NO. The van der Waals surface area contributed by atoms with E-state index in [0.717, 1.165) is 25.6 Å². The summed E-state index contributed by atoms with van der Waals surface area (Å²) < 4.78 is 31.2. The quantitative estimate of drug-likeness (QED) is 0.770. The predicted molar refractivity (Wildman–Crippen MR) is 52.5 cm³/mol. The molecule has 1 atom stereocenters. The number of nitrogens with one attached hydrogen (secondary N) is 1. The fraction of sp³-hybridized carbons (Fsp3) is 0.455. The van der Waals surface area contributed by atoms with Crippen molar-refractivity contribution < 1.29 is 13.5 Å². The average molecular weight is 213 g/mol. The van der Waals surface area contributed by atoms with E-state index >= 15 is 0 Å². The Hall–Kier alpha value is -1.00. The largest absolute Gasteiger partial charge is 0.372 e. The number of ether oxygens (including phenoxy) is 1. The third-order valence-electron chi connectivity index (χ3n) is 2.50. The van der Waals surface area contributed by atoms with E-state index in [1.54, 1.807) is 6.07 Å². The first-order valence-electron chi connectivity index (χ1n) is 5.04. The molecule has 0 radical (unpaired) electrons. The van der Waals surface area contributed by atoms with E-state index in [4.69, 9.17) is 4.74 Å². The summed E-state index contributed by atoms with van der Waals surface area (Å²) in [4.78, 5) is 0. The maximum atomic E-state index is 13.0. The van der Waals surface area contributed by atoms with Crippen LogP contribution in [0.3, 0.4) is 0 Å². The minimum Gasteiger partial charge on any atom is -0.372 e. The molecule has 0 aliphatic carbocycles. The normalized spacial score (nSPS) is 22.4. The summed E-state index contributed by atoms with van der Waals surface area (Å²) in [5.74, 6) is -1.63. The Kier molecular flexibility index (Phi) is 3.28. The molecule has 0 aromatic heterocycles. The lowest BCUT2D eigenvalue weighted by Gasteiger charge is -2.14. The van der Waals surface area contributed by atoms with Crippen LogP contribution in [0.1, 0.15) is 18.1 Å². The molecule has 1 aliphatic heterocycles. The van der Waals surface area contributed by atoms with Crippen LogP contribution in [-0.2, 0) is 4.74 Å². The fourth-order valence-corrected chi connectivity index (χ4v) is 1.69. The van der Waals surface area contributed by atoms with E-state index < -0.39 is 11.6 Å². The van der Waals surface area contributed by atoms with Crippen molar-refractivity contribution in [1.82, 2.24) is 5.32 Å². The van der Waals surface area contributed by atoms with Crippen molar-refractivity contribution in [2.24, 2.45) is 0 Å². The lowest BCUT2D eigenvalue weighted by Crippen LogP contribution is -2.16. The standard InChI is InChI=1S/C11H13F2NO/c12-9-2-1-8(7-10(9)13)11-3-4-14-5-6-15-11/h1-2,7,11,14H,3-6H2. The minimum atomic E-state index is -0.814. The SMILES string of the molecule is Fc1ccc(C2CCNCCO2)cc1F. The van der Waals surface area contributed by atoms with Gasteiger partial charge in [-0.05, 0) is 30.7 Å². The first-order chi connectivity index (χ1) is 7.27. The van der Waals surface area contributed by atoms with Crippen molar-refractivity contribution in [2.45, 2.75) is 12.5 Å². The van der Waals surface area contributed by atoms with Crippen molar-refractivity contribution in [3.63, 3.8) is 0 Å². The minimum absolute atomic E-state index is 0.130. The summed E-state index contributed by atoms with van der Waals surface area (Å²) in [6.07, 6.45) is 0.653. The highest BCUT2D eigenvalue weighted by Crippen LogP contribution is 2.23. The summed E-state index contributed by atoms with van der Waals surface area (Å²) in [6.45, 7) is 2.24. The van der Waals surface area contributed by atoms with Crippen LogP contribution < -0.4 is 5.32 Å². The van der Waals surface area contributed by atoms with E-state index in [0.29, 0.717) is 12.2 Å². The van der Waals surface area contributed by atoms with E-state index in [-0.39, 0.29) is 6.10 Å². The summed E-state index contributed by atoms with van der Waals surface area (Å²) in [7, 11) is 0. The molecule has 15 heavy (non-hydrogen) atoms. The smallest absolute Gasteiger partial charge is 0.159 e. The Morgan fingerprint density at radius 2 is 2.07 bits per heavy atom. The topological polar surface area (TPSA) is 21.3 Å². The number of rotatable bonds is 1. The maximum Gasteiger partial charge on any atom is 0.159 e. The van der Waals surface area contributed by atoms with Crippen LogP contribution in [-0.4, -0.2) is 19.7 Å². The monoisotopic (exact) mass is 213 g/mol. The number of hydrogen-bond donors (Lipinski definition) is 1. The van der Waals surface area contributed by atoms with Crippen LogP contribution in [0.15, 0.2) is 18.2 Å². The lowest BCUT2D eigenvalue weighted by atomic mass is 10.1. The highest BCUT2D eigenvalue weighted by molar-refractivity contribution is 5.20. The van der Waals surface area contributed by atoms with Gasteiger partial charge in [-0.25, -0.2) is 8.78 Å². The van der Waals surface area contributed by atoms with Gasteiger partial charge in [-0.3, -0.25) is 0 Å². The number of hydrogen-bond acceptors (Lipinski definition) is 2. The molecule has 1 fully saturated rings. The van der Waals surface area contributed by atoms with Gasteiger partial charge in [0.15, 0.2) is 11.6 Å². The fourth-order valence-electron chi connectivity index (χ4n) is 1.69. The van der Waals surface area contributed by atoms with Gasteiger partial charge < -0.3 is 10.1 Å². The molecule has 82 valence electrons. The van der Waals surface area contributed by atoms with Gasteiger partial charge >= 0.3 is 0 Å². The Morgan fingerprint density at radius 1 is 1.20 bits per heavy atom. The molecule has 1 aromatic rings. The predicted octanol–water partition coefficient (Wildman–Crippen LogP) is 2.02. The van der Waals surface area contributed by atoms with Gasteiger partial charge in [0.05, 0.1) is 12.7 Å². The van der Waals surface area contributed by atoms with Crippen LogP contribution in [0.25, 0.3) is 0 Å². The number of halogens is 2. The summed E-state index contributed by atoms with van der Waals surface area (Å²) in [5, 5.41) is 3.18. The summed E-state index contributed by atoms with van der Waals surface area (Å²) in [5.41, 5.74) is 0.706. The zero-order chi connectivity index (χ0) is 10.7. The van der Waals surface area contributed by atoms with Crippen molar-refractivity contribution in [1.29, 1.82) is 0 Å². The molecule has 1 saturated heterocycles. The number of benzene rings is 1. The van der Waals surface area contributed by atoms with Gasteiger partial charge in [0.25, 0.3) is 0 Å². The first-order valence-corrected chi connectivity index (χ1v) is 5.04. The van der Waals surface area contributed by atoms with E-state index in [1.165, 1.54) is 6.07 Å².